The second kappa shape index (κ2) is 10.00. The maximum absolute atomic E-state index is 13.3. The van der Waals surface area contributed by atoms with Crippen LogP contribution in [0.4, 0.5) is 11.5 Å². The molecule has 1 aromatic heterocycles. The summed E-state index contributed by atoms with van der Waals surface area (Å²) >= 11 is 0. The quantitative estimate of drug-likeness (QED) is 0.351. The molecule has 0 aliphatic carbocycles. The minimum atomic E-state index is -0.328. The number of carbonyl (C=O) groups is 1. The van der Waals surface area contributed by atoms with Crippen molar-refractivity contribution in [1.82, 2.24) is 9.78 Å². The van der Waals surface area contributed by atoms with Crippen LogP contribution < -0.4 is 20.1 Å². The highest BCUT2D eigenvalue weighted by Crippen LogP contribution is 2.41. The number of nitrogens with one attached hydrogen (secondary N) is 2. The molecule has 1 aliphatic rings. The molecule has 0 unspecified atom stereocenters. The minimum absolute atomic E-state index is 0.242. The number of methoxy groups -OCH3 is 2. The fourth-order valence-electron chi connectivity index (χ4n) is 4.44. The topological polar surface area (TPSA) is 77.4 Å². The average molecular weight is 481 g/mol. The first-order valence-corrected chi connectivity index (χ1v) is 11.9. The number of benzene rings is 3. The maximum atomic E-state index is 13.3. The van der Waals surface area contributed by atoms with Gasteiger partial charge in [-0.15, -0.1) is 0 Å². The number of ether oxygens (including phenoxy) is 2. The predicted octanol–water partition coefficient (Wildman–Crippen LogP) is 5.77. The predicted molar refractivity (Wildman–Crippen MR) is 142 cm³/mol. The van der Waals surface area contributed by atoms with E-state index in [1.165, 1.54) is 5.56 Å². The molecule has 3 aromatic carbocycles. The van der Waals surface area contributed by atoms with Crippen molar-refractivity contribution in [3.8, 4) is 11.5 Å². The molecule has 0 saturated heterocycles. The molecule has 0 fully saturated rings. The van der Waals surface area contributed by atoms with Crippen molar-refractivity contribution >= 4 is 23.1 Å². The Morgan fingerprint density at radius 3 is 2.47 bits per heavy atom. The summed E-state index contributed by atoms with van der Waals surface area (Å²) in [4.78, 5) is 13.3. The number of aromatic nitrogens is 2. The fourth-order valence-corrected chi connectivity index (χ4v) is 4.44. The first-order chi connectivity index (χ1) is 17.6. The molecule has 0 saturated carbocycles. The molecule has 5 rings (SSSR count). The number of nitrogens with zero attached hydrogens (tertiary/aromatic N) is 2. The number of amides is 1. The third-order valence-electron chi connectivity index (χ3n) is 6.34. The van der Waals surface area contributed by atoms with E-state index in [1.54, 1.807) is 25.1 Å². The largest absolute Gasteiger partial charge is 0.493 e. The van der Waals surface area contributed by atoms with E-state index in [-0.39, 0.29) is 11.9 Å². The number of hydrogen-bond acceptors (Lipinski definition) is 5. The lowest BCUT2D eigenvalue weighted by atomic mass is 9.99. The van der Waals surface area contributed by atoms with Crippen LogP contribution >= 0.6 is 0 Å². The molecule has 0 radical (unpaired) electrons. The molecule has 1 amide bonds. The Balaban J connectivity index is 1.61. The Hall–Kier alpha value is -4.52. The zero-order valence-corrected chi connectivity index (χ0v) is 20.5. The van der Waals surface area contributed by atoms with Crippen LogP contribution in [0.15, 0.2) is 85.1 Å². The Morgan fingerprint density at radius 2 is 1.78 bits per heavy atom. The highest BCUT2D eigenvalue weighted by Gasteiger charge is 2.30. The molecule has 4 aromatic rings. The lowest BCUT2D eigenvalue weighted by Gasteiger charge is -2.27. The Morgan fingerprint density at radius 1 is 1.00 bits per heavy atom. The standard InChI is InChI=1S/C29H28N4O3/c1-4-19-13-15-20(16-14-19)24-17-25(22-11-8-12-26(35-2)27(22)36-3)33-28(32-24)23(18-30-33)29(34)31-21-9-6-5-7-10-21/h5-18,25,32H,4H2,1-3H3,(H,31,34)/t25-/m0/s1. The zero-order chi connectivity index (χ0) is 25.1. The number of hydrogen-bond donors (Lipinski definition) is 2. The van der Waals surface area contributed by atoms with Crippen LogP contribution in [0.5, 0.6) is 11.5 Å². The number of allylic oxidation sites excluding steroid dienone is 1. The molecule has 7 heteroatoms. The molecule has 1 atom stereocenters. The SMILES string of the molecule is CCc1ccc(C2=C[C@@H](c3cccc(OC)c3OC)n3ncc(C(=O)Nc4ccccc4)c3N2)cc1. The molecule has 1 aliphatic heterocycles. The van der Waals surface area contributed by atoms with Gasteiger partial charge in [-0.2, -0.15) is 5.10 Å². The van der Waals surface area contributed by atoms with Crippen molar-refractivity contribution < 1.29 is 14.3 Å². The van der Waals surface area contributed by atoms with Crippen molar-refractivity contribution in [2.45, 2.75) is 19.4 Å². The monoisotopic (exact) mass is 480 g/mol. The van der Waals surface area contributed by atoms with E-state index in [2.05, 4.69) is 53.0 Å². The van der Waals surface area contributed by atoms with Crippen molar-refractivity contribution in [2.75, 3.05) is 24.9 Å². The van der Waals surface area contributed by atoms with Crippen molar-refractivity contribution in [2.24, 2.45) is 0 Å². The van der Waals surface area contributed by atoms with Gasteiger partial charge < -0.3 is 20.1 Å². The van der Waals surface area contributed by atoms with Gasteiger partial charge in [-0.3, -0.25) is 4.79 Å². The van der Waals surface area contributed by atoms with Gasteiger partial charge in [0.1, 0.15) is 17.4 Å². The van der Waals surface area contributed by atoms with Crippen LogP contribution in [-0.4, -0.2) is 29.9 Å². The van der Waals surface area contributed by atoms with Crippen LogP contribution in [0.2, 0.25) is 0 Å². The first-order valence-electron chi connectivity index (χ1n) is 11.9. The average Bonchev–Trinajstić information content (AvgIpc) is 3.37. The van der Waals surface area contributed by atoms with Crippen molar-refractivity contribution in [3.63, 3.8) is 0 Å². The summed E-state index contributed by atoms with van der Waals surface area (Å²) in [5.41, 5.74) is 5.20. The summed E-state index contributed by atoms with van der Waals surface area (Å²) < 4.78 is 13.1. The summed E-state index contributed by atoms with van der Waals surface area (Å²) in [6.07, 6.45) is 4.65. The zero-order valence-electron chi connectivity index (χ0n) is 20.5. The lowest BCUT2D eigenvalue weighted by Crippen LogP contribution is -2.22. The fraction of sp³-hybridized carbons (Fsp3) is 0.172. The van der Waals surface area contributed by atoms with E-state index in [0.717, 1.165) is 28.9 Å². The summed E-state index contributed by atoms with van der Waals surface area (Å²) in [6, 6.07) is 23.2. The van der Waals surface area contributed by atoms with Crippen molar-refractivity contribution in [3.05, 3.63) is 107 Å². The number of anilines is 2. The van der Waals surface area contributed by atoms with Gasteiger partial charge in [0, 0.05) is 16.9 Å². The molecule has 0 spiro atoms. The molecule has 2 heterocycles. The Kier molecular flexibility index (Phi) is 6.45. The molecule has 36 heavy (non-hydrogen) atoms. The second-order valence-corrected chi connectivity index (χ2v) is 8.45. The van der Waals surface area contributed by atoms with E-state index in [0.29, 0.717) is 22.9 Å². The van der Waals surface area contributed by atoms with E-state index in [9.17, 15) is 4.79 Å². The van der Waals surface area contributed by atoms with E-state index < -0.39 is 0 Å². The van der Waals surface area contributed by atoms with Gasteiger partial charge in [-0.1, -0.05) is 61.5 Å². The molecule has 182 valence electrons. The number of fused-ring (bicyclic) bond motifs is 1. The number of para-hydroxylation sites is 2. The van der Waals surface area contributed by atoms with Crippen LogP contribution in [0.1, 0.15) is 40.0 Å². The van der Waals surface area contributed by atoms with Crippen LogP contribution in [0.3, 0.4) is 0 Å². The summed E-state index contributed by atoms with van der Waals surface area (Å²) in [5, 5.41) is 11.0. The highest BCUT2D eigenvalue weighted by atomic mass is 16.5. The summed E-state index contributed by atoms with van der Waals surface area (Å²) in [5.74, 6) is 1.62. The molecule has 2 N–H and O–H groups in total. The van der Waals surface area contributed by atoms with Crippen molar-refractivity contribution in [1.29, 1.82) is 0 Å². The van der Waals surface area contributed by atoms with Gasteiger partial charge in [0.2, 0.25) is 0 Å². The Bertz CT molecular complexity index is 1410. The molecule has 0 bridgehead atoms. The second-order valence-electron chi connectivity index (χ2n) is 8.45. The van der Waals surface area contributed by atoms with Crippen LogP contribution in [0, 0.1) is 0 Å². The van der Waals surface area contributed by atoms with Crippen LogP contribution in [-0.2, 0) is 6.42 Å². The number of aryl methyl sites for hydroxylation is 1. The van der Waals surface area contributed by atoms with E-state index in [4.69, 9.17) is 9.47 Å². The van der Waals surface area contributed by atoms with Crippen LogP contribution in [0.25, 0.3) is 5.70 Å². The van der Waals surface area contributed by atoms with Gasteiger partial charge in [-0.25, -0.2) is 4.68 Å². The van der Waals surface area contributed by atoms with E-state index in [1.807, 2.05) is 48.5 Å². The minimum Gasteiger partial charge on any atom is -0.493 e. The lowest BCUT2D eigenvalue weighted by molar-refractivity contribution is 0.102. The first kappa shape index (κ1) is 23.2. The third kappa shape index (κ3) is 4.31. The third-order valence-corrected chi connectivity index (χ3v) is 6.34. The smallest absolute Gasteiger partial charge is 0.261 e. The van der Waals surface area contributed by atoms with Gasteiger partial charge >= 0.3 is 0 Å². The number of carbonyl (C=O) groups excluding carboxylic acids is 1. The van der Waals surface area contributed by atoms with Gasteiger partial charge in [0.05, 0.1) is 20.4 Å². The van der Waals surface area contributed by atoms with Gasteiger partial charge in [0.15, 0.2) is 11.5 Å². The Labute approximate surface area is 210 Å². The molecular weight excluding hydrogens is 452 g/mol. The highest BCUT2D eigenvalue weighted by molar-refractivity contribution is 6.08. The molecule has 7 nitrogen and oxygen atoms in total. The number of rotatable bonds is 7. The van der Waals surface area contributed by atoms with Gasteiger partial charge in [0.25, 0.3) is 5.91 Å². The van der Waals surface area contributed by atoms with Gasteiger partial charge in [-0.05, 0) is 41.8 Å². The van der Waals surface area contributed by atoms with E-state index >= 15 is 0 Å². The maximum Gasteiger partial charge on any atom is 0.261 e. The molecular formula is C29H28N4O3. The normalized spacial score (nSPS) is 14.3. The summed E-state index contributed by atoms with van der Waals surface area (Å²) in [7, 11) is 3.24. The summed E-state index contributed by atoms with van der Waals surface area (Å²) in [6.45, 7) is 2.13.